The molecular formula is C28H38O4. The summed E-state index contributed by atoms with van der Waals surface area (Å²) in [6.45, 7) is 8.64. The lowest BCUT2D eigenvalue weighted by atomic mass is 10.1. The molecule has 0 saturated carbocycles. The Labute approximate surface area is 193 Å². The van der Waals surface area contributed by atoms with Gasteiger partial charge in [0.2, 0.25) is 0 Å². The number of rotatable bonds is 16. The summed E-state index contributed by atoms with van der Waals surface area (Å²) in [5, 5.41) is 0. The van der Waals surface area contributed by atoms with Gasteiger partial charge in [0.05, 0.1) is 18.3 Å². The number of carbonyl (C=O) groups is 1. The van der Waals surface area contributed by atoms with Crippen LogP contribution < -0.4 is 14.2 Å². The lowest BCUT2D eigenvalue weighted by Gasteiger charge is -2.13. The largest absolute Gasteiger partial charge is 0.494 e. The van der Waals surface area contributed by atoms with E-state index in [1.54, 1.807) is 36.4 Å². The van der Waals surface area contributed by atoms with Gasteiger partial charge in [-0.2, -0.15) is 0 Å². The third kappa shape index (κ3) is 10.0. The van der Waals surface area contributed by atoms with Crippen molar-refractivity contribution in [3.63, 3.8) is 0 Å². The summed E-state index contributed by atoms with van der Waals surface area (Å²) >= 11 is 0. The molecule has 4 nitrogen and oxygen atoms in total. The molecule has 1 atom stereocenters. The zero-order valence-corrected chi connectivity index (χ0v) is 19.7. The Balaban J connectivity index is 1.68. The fourth-order valence-corrected chi connectivity index (χ4v) is 3.43. The molecule has 0 aromatic heterocycles. The molecule has 32 heavy (non-hydrogen) atoms. The molecule has 0 saturated heterocycles. The van der Waals surface area contributed by atoms with Crippen molar-refractivity contribution in [3.05, 3.63) is 66.7 Å². The van der Waals surface area contributed by atoms with E-state index in [9.17, 15) is 4.79 Å². The summed E-state index contributed by atoms with van der Waals surface area (Å²) in [5.74, 6) is 1.66. The highest BCUT2D eigenvalue weighted by molar-refractivity contribution is 5.91. The standard InChI is InChI=1S/C28H38O4/c1-4-6-7-8-9-10-11-12-22-30-25-18-20-27(21-19-25)32-28(29)24-14-16-26(17-15-24)31-23(3)13-5-2/h4,14-21,23H,1,5-13,22H2,2-3H3/t23-/m0/s1. The Hall–Kier alpha value is -2.75. The number of hydrogen-bond acceptors (Lipinski definition) is 4. The monoisotopic (exact) mass is 438 g/mol. The van der Waals surface area contributed by atoms with Crippen molar-refractivity contribution in [2.45, 2.75) is 77.7 Å². The fraction of sp³-hybridized carbons (Fsp3) is 0.464. The van der Waals surface area contributed by atoms with Crippen molar-refractivity contribution in [2.75, 3.05) is 6.61 Å². The van der Waals surface area contributed by atoms with Gasteiger partial charge in [0.25, 0.3) is 0 Å². The van der Waals surface area contributed by atoms with E-state index in [-0.39, 0.29) is 12.1 Å². The van der Waals surface area contributed by atoms with E-state index in [2.05, 4.69) is 13.5 Å². The first-order chi connectivity index (χ1) is 15.6. The Morgan fingerprint density at radius 3 is 2.12 bits per heavy atom. The highest BCUT2D eigenvalue weighted by Gasteiger charge is 2.10. The van der Waals surface area contributed by atoms with Crippen molar-refractivity contribution < 1.29 is 19.0 Å². The van der Waals surface area contributed by atoms with Crippen molar-refractivity contribution in [3.8, 4) is 17.2 Å². The molecule has 0 bridgehead atoms. The Morgan fingerprint density at radius 1 is 0.875 bits per heavy atom. The quantitative estimate of drug-likeness (QED) is 0.116. The van der Waals surface area contributed by atoms with Gasteiger partial charge in [0, 0.05) is 0 Å². The summed E-state index contributed by atoms with van der Waals surface area (Å²) in [7, 11) is 0. The third-order valence-corrected chi connectivity index (χ3v) is 5.23. The molecule has 174 valence electrons. The first kappa shape index (κ1) is 25.5. The zero-order chi connectivity index (χ0) is 23.0. The van der Waals surface area contributed by atoms with Crippen LogP contribution >= 0.6 is 0 Å². The van der Waals surface area contributed by atoms with E-state index in [1.165, 1.54) is 32.1 Å². The fourth-order valence-electron chi connectivity index (χ4n) is 3.43. The highest BCUT2D eigenvalue weighted by Crippen LogP contribution is 2.21. The number of allylic oxidation sites excluding steroid dienone is 1. The Kier molecular flexibility index (Phi) is 12.1. The number of hydrogen-bond donors (Lipinski definition) is 0. The van der Waals surface area contributed by atoms with Crippen molar-refractivity contribution >= 4 is 5.97 Å². The SMILES string of the molecule is C=CCCCCCCCCOc1ccc(OC(=O)c2ccc(O[C@@H](C)CCC)cc2)cc1. The van der Waals surface area contributed by atoms with E-state index < -0.39 is 0 Å². The molecule has 0 spiro atoms. The highest BCUT2D eigenvalue weighted by atomic mass is 16.5. The van der Waals surface area contributed by atoms with Crippen LogP contribution in [0.3, 0.4) is 0 Å². The van der Waals surface area contributed by atoms with Gasteiger partial charge in [0.1, 0.15) is 17.2 Å². The van der Waals surface area contributed by atoms with Crippen LogP contribution in [0.4, 0.5) is 0 Å². The number of esters is 1. The lowest BCUT2D eigenvalue weighted by molar-refractivity contribution is 0.0734. The van der Waals surface area contributed by atoms with Crippen LogP contribution in [0.15, 0.2) is 61.2 Å². The molecule has 2 rings (SSSR count). The number of benzene rings is 2. The van der Waals surface area contributed by atoms with Gasteiger partial charge in [0.15, 0.2) is 0 Å². The summed E-state index contributed by atoms with van der Waals surface area (Å²) < 4.78 is 17.1. The maximum absolute atomic E-state index is 12.4. The minimum absolute atomic E-state index is 0.158. The van der Waals surface area contributed by atoms with Gasteiger partial charge in [-0.05, 0) is 81.1 Å². The van der Waals surface area contributed by atoms with Crippen LogP contribution in [0.5, 0.6) is 17.2 Å². The zero-order valence-electron chi connectivity index (χ0n) is 19.7. The minimum Gasteiger partial charge on any atom is -0.494 e. The van der Waals surface area contributed by atoms with Crippen LogP contribution in [0.1, 0.15) is 82.0 Å². The third-order valence-electron chi connectivity index (χ3n) is 5.23. The second-order valence-electron chi connectivity index (χ2n) is 8.15. The van der Waals surface area contributed by atoms with Gasteiger partial charge in [-0.3, -0.25) is 0 Å². The number of ether oxygens (including phenoxy) is 3. The van der Waals surface area contributed by atoms with Gasteiger partial charge < -0.3 is 14.2 Å². The van der Waals surface area contributed by atoms with Gasteiger partial charge in [-0.25, -0.2) is 4.79 Å². The smallest absolute Gasteiger partial charge is 0.343 e. The van der Waals surface area contributed by atoms with Crippen molar-refractivity contribution in [1.29, 1.82) is 0 Å². The molecule has 2 aromatic carbocycles. The maximum atomic E-state index is 12.4. The van der Waals surface area contributed by atoms with E-state index in [0.29, 0.717) is 17.9 Å². The molecule has 4 heteroatoms. The molecule has 0 aliphatic heterocycles. The minimum atomic E-state index is -0.389. The average Bonchev–Trinajstić information content (AvgIpc) is 2.79. The summed E-state index contributed by atoms with van der Waals surface area (Å²) in [5.41, 5.74) is 0.491. The molecular weight excluding hydrogens is 400 g/mol. The molecule has 2 aromatic rings. The second-order valence-corrected chi connectivity index (χ2v) is 8.15. The van der Waals surface area contributed by atoms with Crippen LogP contribution in [0, 0.1) is 0 Å². The van der Waals surface area contributed by atoms with E-state index in [1.807, 2.05) is 25.1 Å². The maximum Gasteiger partial charge on any atom is 0.343 e. The summed E-state index contributed by atoms with van der Waals surface area (Å²) in [6, 6.07) is 14.3. The Bertz CT molecular complexity index is 780. The molecule has 0 amide bonds. The predicted molar refractivity (Wildman–Crippen MR) is 131 cm³/mol. The topological polar surface area (TPSA) is 44.8 Å². The molecule has 0 unspecified atom stereocenters. The van der Waals surface area contributed by atoms with Crippen molar-refractivity contribution in [1.82, 2.24) is 0 Å². The van der Waals surface area contributed by atoms with E-state index >= 15 is 0 Å². The molecule has 0 N–H and O–H groups in total. The molecule has 0 aliphatic rings. The second kappa shape index (κ2) is 15.1. The van der Waals surface area contributed by atoms with Crippen LogP contribution in [0.2, 0.25) is 0 Å². The molecule has 0 fully saturated rings. The summed E-state index contributed by atoms with van der Waals surface area (Å²) in [6.07, 6.45) is 12.6. The van der Waals surface area contributed by atoms with Crippen LogP contribution in [0.25, 0.3) is 0 Å². The van der Waals surface area contributed by atoms with E-state index in [0.717, 1.165) is 37.2 Å². The lowest BCUT2D eigenvalue weighted by Crippen LogP contribution is -2.11. The van der Waals surface area contributed by atoms with Crippen molar-refractivity contribution in [2.24, 2.45) is 0 Å². The normalized spacial score (nSPS) is 11.6. The average molecular weight is 439 g/mol. The van der Waals surface area contributed by atoms with E-state index in [4.69, 9.17) is 14.2 Å². The van der Waals surface area contributed by atoms with Gasteiger partial charge >= 0.3 is 5.97 Å². The molecule has 0 aliphatic carbocycles. The molecule has 0 radical (unpaired) electrons. The van der Waals surface area contributed by atoms with Gasteiger partial charge in [-0.15, -0.1) is 6.58 Å². The van der Waals surface area contributed by atoms with Gasteiger partial charge in [-0.1, -0.05) is 45.1 Å². The predicted octanol–water partition coefficient (Wildman–Crippen LogP) is 7.77. The van der Waals surface area contributed by atoms with Crippen LogP contribution in [-0.2, 0) is 0 Å². The molecule has 0 heterocycles. The summed E-state index contributed by atoms with van der Waals surface area (Å²) in [4.78, 5) is 12.4. The first-order valence-corrected chi connectivity index (χ1v) is 11.9. The van der Waals surface area contributed by atoms with Crippen LogP contribution in [-0.4, -0.2) is 18.7 Å². The Morgan fingerprint density at radius 2 is 1.47 bits per heavy atom. The number of unbranched alkanes of at least 4 members (excludes halogenated alkanes) is 6. The first-order valence-electron chi connectivity index (χ1n) is 11.9. The number of carbonyl (C=O) groups excluding carboxylic acids is 1.